The van der Waals surface area contributed by atoms with E-state index in [-0.39, 0.29) is 12.4 Å². The minimum absolute atomic E-state index is 0. The van der Waals surface area contributed by atoms with Crippen LogP contribution in [0.15, 0.2) is 54.6 Å². The van der Waals surface area contributed by atoms with E-state index in [0.29, 0.717) is 0 Å². The lowest BCUT2D eigenvalue weighted by molar-refractivity contribution is 1.09. The fourth-order valence-corrected chi connectivity index (χ4v) is 1.44. The number of halogens is 1. The summed E-state index contributed by atoms with van der Waals surface area (Å²) in [5, 5.41) is 1.68. The van der Waals surface area contributed by atoms with E-state index in [1.165, 1.54) is 5.56 Å². The first kappa shape index (κ1) is 12.6. The maximum absolute atomic E-state index is 6.00. The Balaban J connectivity index is 0.00000128. The lowest BCUT2D eigenvalue weighted by atomic mass is 10.2. The second kappa shape index (κ2) is 5.54. The Bertz CT molecular complexity index is 425. The highest BCUT2D eigenvalue weighted by Gasteiger charge is 2.02. The van der Waals surface area contributed by atoms with E-state index < -0.39 is 0 Å². The number of hydrazine groups is 1. The molecule has 0 spiro atoms. The summed E-state index contributed by atoms with van der Waals surface area (Å²) in [5.74, 6) is 6.00. The van der Waals surface area contributed by atoms with Crippen molar-refractivity contribution in [3.63, 3.8) is 0 Å². The second-order valence-electron chi connectivity index (χ2n) is 3.54. The average Bonchev–Trinajstić information content (AvgIpc) is 2.30. The molecule has 2 rings (SSSR count). The quantitative estimate of drug-likeness (QED) is 0.637. The molecule has 16 heavy (non-hydrogen) atoms. The number of aryl methyl sites for hydroxylation is 1. The monoisotopic (exact) mass is 234 g/mol. The first-order chi connectivity index (χ1) is 7.27. The minimum atomic E-state index is 0. The predicted molar refractivity (Wildman–Crippen MR) is 71.2 cm³/mol. The van der Waals surface area contributed by atoms with Crippen molar-refractivity contribution in [1.29, 1.82) is 0 Å². The van der Waals surface area contributed by atoms with Crippen molar-refractivity contribution in [2.24, 2.45) is 5.84 Å². The molecule has 2 aromatic carbocycles. The van der Waals surface area contributed by atoms with Gasteiger partial charge in [0.15, 0.2) is 0 Å². The van der Waals surface area contributed by atoms with Gasteiger partial charge in [-0.05, 0) is 31.2 Å². The van der Waals surface area contributed by atoms with Gasteiger partial charge in [0.25, 0.3) is 0 Å². The first-order valence-electron chi connectivity index (χ1n) is 4.94. The van der Waals surface area contributed by atoms with Gasteiger partial charge in [-0.1, -0.05) is 35.9 Å². The lowest BCUT2D eigenvalue weighted by Crippen LogP contribution is -2.24. The molecular weight excluding hydrogens is 220 g/mol. The van der Waals surface area contributed by atoms with E-state index in [4.69, 9.17) is 5.84 Å². The van der Waals surface area contributed by atoms with Gasteiger partial charge in [0, 0.05) is 0 Å². The summed E-state index contributed by atoms with van der Waals surface area (Å²) < 4.78 is 0. The predicted octanol–water partition coefficient (Wildman–Crippen LogP) is 3.43. The molecule has 3 heteroatoms. The minimum Gasteiger partial charge on any atom is -0.280 e. The summed E-state index contributed by atoms with van der Waals surface area (Å²) in [7, 11) is 0. The highest BCUT2D eigenvalue weighted by atomic mass is 35.5. The number of benzene rings is 2. The fraction of sp³-hybridized carbons (Fsp3) is 0.0769. The smallest absolute Gasteiger partial charge is 0.0575 e. The molecule has 0 atom stereocenters. The second-order valence-corrected chi connectivity index (χ2v) is 3.54. The van der Waals surface area contributed by atoms with Crippen molar-refractivity contribution in [1.82, 2.24) is 0 Å². The van der Waals surface area contributed by atoms with E-state index in [9.17, 15) is 0 Å². The molecule has 2 N–H and O–H groups in total. The van der Waals surface area contributed by atoms with Gasteiger partial charge in [-0.15, -0.1) is 12.4 Å². The molecule has 0 heterocycles. The van der Waals surface area contributed by atoms with E-state index in [0.717, 1.165) is 11.4 Å². The number of para-hydroxylation sites is 1. The molecular formula is C13H15ClN2. The van der Waals surface area contributed by atoms with E-state index in [2.05, 4.69) is 19.1 Å². The Morgan fingerprint density at radius 2 is 1.31 bits per heavy atom. The third kappa shape index (κ3) is 2.75. The number of hydrogen-bond donors (Lipinski definition) is 1. The van der Waals surface area contributed by atoms with Gasteiger partial charge in [0.1, 0.15) is 0 Å². The van der Waals surface area contributed by atoms with Crippen LogP contribution in [0, 0.1) is 6.92 Å². The molecule has 0 saturated heterocycles. The van der Waals surface area contributed by atoms with Crippen LogP contribution in [0.1, 0.15) is 5.56 Å². The average molecular weight is 235 g/mol. The highest BCUT2D eigenvalue weighted by Crippen LogP contribution is 2.21. The first-order valence-corrected chi connectivity index (χ1v) is 4.94. The summed E-state index contributed by atoms with van der Waals surface area (Å²) >= 11 is 0. The summed E-state index contributed by atoms with van der Waals surface area (Å²) in [4.78, 5) is 0. The van der Waals surface area contributed by atoms with Gasteiger partial charge in [-0.25, -0.2) is 5.84 Å². The summed E-state index contributed by atoms with van der Waals surface area (Å²) in [6.07, 6.45) is 0. The number of nitrogens with zero attached hydrogens (tertiary/aromatic N) is 1. The molecule has 0 aliphatic carbocycles. The summed E-state index contributed by atoms with van der Waals surface area (Å²) in [5.41, 5.74) is 3.22. The number of hydrogen-bond acceptors (Lipinski definition) is 2. The molecule has 0 saturated carbocycles. The van der Waals surface area contributed by atoms with Crippen LogP contribution in [-0.4, -0.2) is 0 Å². The molecule has 0 fully saturated rings. The van der Waals surface area contributed by atoms with Crippen LogP contribution in [0.25, 0.3) is 0 Å². The standard InChI is InChI=1S/C13H14N2.ClH/c1-11-7-9-13(10-8-11)15(14)12-5-3-2-4-6-12;/h2-10H,14H2,1H3;1H. The zero-order chi connectivity index (χ0) is 10.7. The molecule has 0 bridgehead atoms. The van der Waals surface area contributed by atoms with Crippen LogP contribution in [-0.2, 0) is 0 Å². The third-order valence-corrected chi connectivity index (χ3v) is 2.35. The maximum Gasteiger partial charge on any atom is 0.0575 e. The summed E-state index contributed by atoms with van der Waals surface area (Å²) in [6.45, 7) is 2.06. The Hall–Kier alpha value is -1.51. The number of anilines is 2. The molecule has 0 unspecified atom stereocenters. The van der Waals surface area contributed by atoms with E-state index in [1.807, 2.05) is 42.5 Å². The Morgan fingerprint density at radius 1 is 0.812 bits per heavy atom. The van der Waals surface area contributed by atoms with Crippen molar-refractivity contribution in [2.75, 3.05) is 5.01 Å². The Labute approximate surface area is 102 Å². The van der Waals surface area contributed by atoms with Gasteiger partial charge < -0.3 is 0 Å². The van der Waals surface area contributed by atoms with E-state index >= 15 is 0 Å². The van der Waals surface area contributed by atoms with Gasteiger partial charge in [-0.2, -0.15) is 0 Å². The topological polar surface area (TPSA) is 29.3 Å². The Morgan fingerprint density at radius 3 is 1.88 bits per heavy atom. The number of nitrogens with two attached hydrogens (primary N) is 1. The normalized spacial score (nSPS) is 9.38. The van der Waals surface area contributed by atoms with Crippen molar-refractivity contribution in [3.05, 3.63) is 60.2 Å². The molecule has 2 aromatic rings. The van der Waals surface area contributed by atoms with Gasteiger partial charge in [-0.3, -0.25) is 5.01 Å². The molecule has 84 valence electrons. The largest absolute Gasteiger partial charge is 0.280 e. The zero-order valence-corrected chi connectivity index (χ0v) is 9.95. The SMILES string of the molecule is Cc1ccc(N(N)c2ccccc2)cc1.Cl. The van der Waals surface area contributed by atoms with Crippen LogP contribution in [0.5, 0.6) is 0 Å². The van der Waals surface area contributed by atoms with Crippen molar-refractivity contribution in [3.8, 4) is 0 Å². The molecule has 0 radical (unpaired) electrons. The van der Waals surface area contributed by atoms with E-state index in [1.54, 1.807) is 5.01 Å². The van der Waals surface area contributed by atoms with Crippen molar-refractivity contribution in [2.45, 2.75) is 6.92 Å². The van der Waals surface area contributed by atoms with Gasteiger partial charge in [0.05, 0.1) is 11.4 Å². The molecule has 0 aliphatic heterocycles. The van der Waals surface area contributed by atoms with Crippen LogP contribution in [0.3, 0.4) is 0 Å². The number of rotatable bonds is 2. The molecule has 0 amide bonds. The van der Waals surface area contributed by atoms with Crippen LogP contribution in [0.4, 0.5) is 11.4 Å². The zero-order valence-electron chi connectivity index (χ0n) is 9.13. The van der Waals surface area contributed by atoms with Crippen LogP contribution in [0.2, 0.25) is 0 Å². The third-order valence-electron chi connectivity index (χ3n) is 2.35. The maximum atomic E-state index is 6.00. The molecule has 2 nitrogen and oxygen atoms in total. The van der Waals surface area contributed by atoms with Crippen LogP contribution < -0.4 is 10.9 Å². The van der Waals surface area contributed by atoms with Crippen molar-refractivity contribution < 1.29 is 0 Å². The molecule has 0 aliphatic rings. The van der Waals surface area contributed by atoms with Gasteiger partial charge in [0.2, 0.25) is 0 Å². The lowest BCUT2D eigenvalue weighted by Gasteiger charge is -2.18. The fourth-order valence-electron chi connectivity index (χ4n) is 1.44. The van der Waals surface area contributed by atoms with Crippen LogP contribution >= 0.6 is 12.4 Å². The highest BCUT2D eigenvalue weighted by molar-refractivity contribution is 5.85. The molecule has 0 aromatic heterocycles. The van der Waals surface area contributed by atoms with Gasteiger partial charge >= 0.3 is 0 Å². The summed E-state index contributed by atoms with van der Waals surface area (Å²) in [6, 6.07) is 18.0. The van der Waals surface area contributed by atoms with Crippen molar-refractivity contribution >= 4 is 23.8 Å². The Kier molecular flexibility index (Phi) is 4.35.